The number of hydrogen-bond donors (Lipinski definition) is 0. The summed E-state index contributed by atoms with van der Waals surface area (Å²) in [6.45, 7) is 15.1. The van der Waals surface area contributed by atoms with Gasteiger partial charge in [-0.1, -0.05) is 66.8 Å². The molecular weight excluding hydrogens is 816 g/mol. The van der Waals surface area contributed by atoms with E-state index in [2.05, 4.69) is 96.6 Å². The molecule has 0 atom stereocenters. The standard InChI is InChI=1S/C36H38Br4O4/c1-8-25-10-20(3)33(21(4)11-25)44-31-13-23(6)34(24(7)32(31)40)42-29-12-22(5)35(26(14-29)17-37)43-30-15-27(18-38)36(41-9-2)28(16-30)19-39/h10-16H,8-9,17-19H2,1-7H3. The Kier molecular flexibility index (Phi) is 12.3. The van der Waals surface area contributed by atoms with Crippen LogP contribution in [0.2, 0.25) is 0 Å². The number of halogens is 4. The van der Waals surface area contributed by atoms with Gasteiger partial charge in [-0.15, -0.1) is 0 Å². The van der Waals surface area contributed by atoms with E-state index < -0.39 is 0 Å². The molecule has 0 N–H and O–H groups in total. The summed E-state index contributed by atoms with van der Waals surface area (Å²) in [4.78, 5) is 0. The van der Waals surface area contributed by atoms with Gasteiger partial charge in [0.15, 0.2) is 0 Å². The molecule has 0 unspecified atom stereocenters. The Labute approximate surface area is 295 Å². The molecule has 44 heavy (non-hydrogen) atoms. The van der Waals surface area contributed by atoms with Crippen molar-refractivity contribution in [2.45, 2.75) is 70.9 Å². The van der Waals surface area contributed by atoms with Crippen LogP contribution in [0.5, 0.6) is 40.2 Å². The van der Waals surface area contributed by atoms with E-state index in [0.29, 0.717) is 22.6 Å². The molecule has 4 nitrogen and oxygen atoms in total. The number of ether oxygens (including phenoxy) is 4. The lowest BCUT2D eigenvalue weighted by molar-refractivity contribution is 0.334. The monoisotopic (exact) mass is 850 g/mol. The largest absolute Gasteiger partial charge is 0.493 e. The van der Waals surface area contributed by atoms with Crippen LogP contribution < -0.4 is 18.9 Å². The third-order valence-electron chi connectivity index (χ3n) is 7.43. The first kappa shape index (κ1) is 34.9. The summed E-state index contributed by atoms with van der Waals surface area (Å²) in [5, 5.41) is 1.94. The highest BCUT2D eigenvalue weighted by atomic mass is 79.9. The van der Waals surface area contributed by atoms with E-state index >= 15 is 0 Å². The maximum atomic E-state index is 6.56. The van der Waals surface area contributed by atoms with Gasteiger partial charge in [0.05, 0.1) is 11.1 Å². The lowest BCUT2D eigenvalue weighted by Crippen LogP contribution is -2.01. The van der Waals surface area contributed by atoms with Gasteiger partial charge in [-0.05, 0) is 122 Å². The van der Waals surface area contributed by atoms with E-state index in [9.17, 15) is 0 Å². The Hall–Kier alpha value is -2.00. The lowest BCUT2D eigenvalue weighted by Gasteiger charge is -2.20. The zero-order chi connectivity index (χ0) is 32.1. The molecule has 0 aromatic heterocycles. The Balaban J connectivity index is 1.64. The molecule has 234 valence electrons. The highest BCUT2D eigenvalue weighted by molar-refractivity contribution is 9.10. The van der Waals surface area contributed by atoms with E-state index in [1.807, 2.05) is 58.0 Å². The minimum atomic E-state index is 0.603. The summed E-state index contributed by atoms with van der Waals surface area (Å²) >= 11 is 14.7. The molecule has 0 aliphatic rings. The summed E-state index contributed by atoms with van der Waals surface area (Å²) < 4.78 is 26.4. The molecule has 4 aromatic carbocycles. The van der Waals surface area contributed by atoms with Gasteiger partial charge in [-0.25, -0.2) is 0 Å². The second kappa shape index (κ2) is 15.5. The van der Waals surface area contributed by atoms with Crippen molar-refractivity contribution in [3.63, 3.8) is 0 Å². The van der Waals surface area contributed by atoms with Gasteiger partial charge in [-0.3, -0.25) is 0 Å². The highest BCUT2D eigenvalue weighted by Crippen LogP contribution is 2.44. The second-order valence-corrected chi connectivity index (χ2v) is 13.3. The predicted molar refractivity (Wildman–Crippen MR) is 196 cm³/mol. The molecule has 0 saturated heterocycles. The van der Waals surface area contributed by atoms with Crippen molar-refractivity contribution in [2.75, 3.05) is 6.61 Å². The Morgan fingerprint density at radius 2 is 1.02 bits per heavy atom. The topological polar surface area (TPSA) is 36.9 Å². The van der Waals surface area contributed by atoms with Gasteiger partial charge in [-0.2, -0.15) is 0 Å². The van der Waals surface area contributed by atoms with Crippen molar-refractivity contribution >= 4 is 63.7 Å². The summed E-state index contributed by atoms with van der Waals surface area (Å²) in [6, 6.07) is 14.5. The summed E-state index contributed by atoms with van der Waals surface area (Å²) in [7, 11) is 0. The first-order valence-corrected chi connectivity index (χ1v) is 18.7. The molecule has 0 saturated carbocycles. The maximum Gasteiger partial charge on any atom is 0.142 e. The van der Waals surface area contributed by atoms with Crippen molar-refractivity contribution in [1.29, 1.82) is 0 Å². The van der Waals surface area contributed by atoms with E-state index in [-0.39, 0.29) is 0 Å². The molecule has 8 heteroatoms. The summed E-state index contributed by atoms with van der Waals surface area (Å²) in [5.41, 5.74) is 9.57. The number of hydrogen-bond acceptors (Lipinski definition) is 4. The third-order valence-corrected chi connectivity index (χ3v) is 10.2. The van der Waals surface area contributed by atoms with Crippen LogP contribution in [0.25, 0.3) is 0 Å². The van der Waals surface area contributed by atoms with E-state index in [1.54, 1.807) is 0 Å². The van der Waals surface area contributed by atoms with Gasteiger partial charge in [0.25, 0.3) is 0 Å². The fourth-order valence-electron chi connectivity index (χ4n) is 5.31. The van der Waals surface area contributed by atoms with E-state index in [4.69, 9.17) is 18.9 Å². The number of benzene rings is 4. The van der Waals surface area contributed by atoms with E-state index in [0.717, 1.165) is 95.6 Å². The highest BCUT2D eigenvalue weighted by Gasteiger charge is 2.19. The van der Waals surface area contributed by atoms with Crippen LogP contribution in [-0.4, -0.2) is 6.61 Å². The molecule has 0 fully saturated rings. The van der Waals surface area contributed by atoms with Gasteiger partial charge >= 0.3 is 0 Å². The number of aryl methyl sites for hydroxylation is 5. The van der Waals surface area contributed by atoms with Crippen LogP contribution in [0.3, 0.4) is 0 Å². The quantitative estimate of drug-likeness (QED) is 0.133. The maximum absolute atomic E-state index is 6.56. The molecule has 0 heterocycles. The summed E-state index contributed by atoms with van der Waals surface area (Å²) in [6.07, 6.45) is 0.997. The Bertz CT molecular complexity index is 1620. The molecule has 0 radical (unpaired) electrons. The molecule has 0 bridgehead atoms. The normalized spacial score (nSPS) is 11.1. The van der Waals surface area contributed by atoms with Crippen molar-refractivity contribution in [3.05, 3.63) is 97.0 Å². The molecule has 0 aliphatic heterocycles. The second-order valence-electron chi connectivity index (χ2n) is 10.8. The number of rotatable bonds is 12. The van der Waals surface area contributed by atoms with Crippen LogP contribution in [0.15, 0.2) is 46.9 Å². The smallest absolute Gasteiger partial charge is 0.142 e. The molecular formula is C36H38Br4O4. The zero-order valence-corrected chi connectivity index (χ0v) is 32.6. The third kappa shape index (κ3) is 7.68. The predicted octanol–water partition coefficient (Wildman–Crippen LogP) is 13.0. The summed E-state index contributed by atoms with van der Waals surface area (Å²) in [5.74, 6) is 5.65. The fraction of sp³-hybridized carbons (Fsp3) is 0.333. The minimum Gasteiger partial charge on any atom is -0.493 e. The van der Waals surface area contributed by atoms with Gasteiger partial charge in [0.1, 0.15) is 40.2 Å². The number of alkyl halides is 3. The van der Waals surface area contributed by atoms with Crippen molar-refractivity contribution in [1.82, 2.24) is 0 Å². The van der Waals surface area contributed by atoms with Crippen molar-refractivity contribution in [3.8, 4) is 40.2 Å². The minimum absolute atomic E-state index is 0.603. The molecule has 0 spiro atoms. The van der Waals surface area contributed by atoms with Crippen molar-refractivity contribution < 1.29 is 18.9 Å². The molecule has 0 aliphatic carbocycles. The van der Waals surface area contributed by atoms with Crippen molar-refractivity contribution in [2.24, 2.45) is 0 Å². The first-order valence-electron chi connectivity index (χ1n) is 14.6. The van der Waals surface area contributed by atoms with Crippen LogP contribution in [0.1, 0.15) is 63.9 Å². The molecule has 4 aromatic rings. The zero-order valence-electron chi connectivity index (χ0n) is 26.2. The van der Waals surface area contributed by atoms with E-state index in [1.165, 1.54) is 5.56 Å². The first-order chi connectivity index (χ1) is 21.0. The average Bonchev–Trinajstić information content (AvgIpc) is 3.00. The van der Waals surface area contributed by atoms with Gasteiger partial charge < -0.3 is 18.9 Å². The molecule has 0 amide bonds. The van der Waals surface area contributed by atoms with Gasteiger partial charge in [0.2, 0.25) is 0 Å². The van der Waals surface area contributed by atoms with Crippen LogP contribution in [0, 0.1) is 34.6 Å². The Morgan fingerprint density at radius 3 is 1.55 bits per heavy atom. The van der Waals surface area contributed by atoms with Crippen LogP contribution >= 0.6 is 63.7 Å². The van der Waals surface area contributed by atoms with Crippen LogP contribution in [0.4, 0.5) is 0 Å². The van der Waals surface area contributed by atoms with Gasteiger partial charge in [0, 0.05) is 38.2 Å². The fourth-order valence-corrected chi connectivity index (χ4v) is 6.94. The van der Waals surface area contributed by atoms with Crippen LogP contribution in [-0.2, 0) is 22.4 Å². The average molecular weight is 854 g/mol. The lowest BCUT2D eigenvalue weighted by atomic mass is 10.0. The molecule has 4 rings (SSSR count). The Morgan fingerprint density at radius 1 is 0.545 bits per heavy atom. The SMILES string of the molecule is CCOc1c(CBr)cc(Oc2c(C)cc(Oc3c(C)cc(Oc4c(C)cc(CC)cc4C)c(Br)c3C)cc2CBr)cc1CBr.